The lowest BCUT2D eigenvalue weighted by Crippen LogP contribution is -2.61. The predicted octanol–water partition coefficient (Wildman–Crippen LogP) is 3.60. The summed E-state index contributed by atoms with van der Waals surface area (Å²) in [6.45, 7) is 0.503. The Hall–Kier alpha value is -4.33. The zero-order chi connectivity index (χ0) is 26.2. The van der Waals surface area contributed by atoms with Gasteiger partial charge in [0.15, 0.2) is 11.5 Å². The van der Waals surface area contributed by atoms with E-state index < -0.39 is 17.4 Å². The van der Waals surface area contributed by atoms with Crippen LogP contribution < -0.4 is 14.8 Å². The summed E-state index contributed by atoms with van der Waals surface area (Å²) in [4.78, 5) is 41.3. The molecule has 2 heterocycles. The van der Waals surface area contributed by atoms with Gasteiger partial charge in [0, 0.05) is 24.2 Å². The topological polar surface area (TPSA) is 105 Å². The number of fused-ring (bicyclic) bond motifs is 4. The number of hydrogen-bond donors (Lipinski definition) is 2. The van der Waals surface area contributed by atoms with Gasteiger partial charge in [-0.05, 0) is 59.9 Å². The first-order chi connectivity index (χ1) is 17.9. The summed E-state index contributed by atoms with van der Waals surface area (Å²) in [6.07, 6.45) is 0.735. The van der Waals surface area contributed by atoms with Crippen LogP contribution in [0.25, 0.3) is 0 Å². The van der Waals surface area contributed by atoms with E-state index in [1.165, 1.54) is 7.11 Å². The van der Waals surface area contributed by atoms with E-state index in [2.05, 4.69) is 5.32 Å². The first-order valence-electron chi connectivity index (χ1n) is 12.1. The SMILES string of the molecule is COc1cc2c(cc1OC)[C@@]1(CCNC(=O)c3ccccc3)[C@@H](C(=O)O)c3ccccc3C(=O)N1CC2. The zero-order valence-corrected chi connectivity index (χ0v) is 20.7. The predicted molar refractivity (Wildman–Crippen MR) is 136 cm³/mol. The molecule has 8 nitrogen and oxygen atoms in total. The van der Waals surface area contributed by atoms with Crippen molar-refractivity contribution in [2.24, 2.45) is 0 Å². The van der Waals surface area contributed by atoms with Crippen LogP contribution in [-0.2, 0) is 16.8 Å². The number of nitrogens with one attached hydrogen (secondary N) is 1. The number of carbonyl (C=O) groups excluding carboxylic acids is 2. The molecule has 0 saturated carbocycles. The molecule has 2 amide bonds. The van der Waals surface area contributed by atoms with Crippen LogP contribution in [0, 0.1) is 0 Å². The molecular formula is C29H28N2O6. The van der Waals surface area contributed by atoms with Crippen molar-refractivity contribution in [3.05, 3.63) is 94.5 Å². The summed E-state index contributed by atoms with van der Waals surface area (Å²) in [5, 5.41) is 13.6. The normalized spacial score (nSPS) is 19.8. The van der Waals surface area contributed by atoms with E-state index in [-0.39, 0.29) is 24.8 Å². The quantitative estimate of drug-likeness (QED) is 0.514. The summed E-state index contributed by atoms with van der Waals surface area (Å²) >= 11 is 0. The standard InChI is InChI=1S/C29H28N2O6/c1-36-23-16-19-12-15-31-27(33)21-11-7-6-10-20(21)25(28(34)35)29(31,22(19)17-24(23)37-2)13-14-30-26(32)18-8-4-3-5-9-18/h3-11,16-17,25H,12-15H2,1-2H3,(H,30,32)(H,34,35)/t25-,29+/m1/s1. The number of nitrogens with zero attached hydrogens (tertiary/aromatic N) is 1. The van der Waals surface area contributed by atoms with Crippen molar-refractivity contribution >= 4 is 17.8 Å². The third-order valence-corrected chi connectivity index (χ3v) is 7.46. The highest BCUT2D eigenvalue weighted by molar-refractivity contribution is 6.01. The number of carboxylic acid groups (broad SMARTS) is 1. The monoisotopic (exact) mass is 500 g/mol. The van der Waals surface area contributed by atoms with Gasteiger partial charge in [-0.3, -0.25) is 14.4 Å². The molecule has 0 aliphatic carbocycles. The molecule has 0 bridgehead atoms. The molecule has 190 valence electrons. The van der Waals surface area contributed by atoms with Crippen LogP contribution in [0.4, 0.5) is 0 Å². The highest BCUT2D eigenvalue weighted by Gasteiger charge is 2.57. The number of benzene rings is 3. The van der Waals surface area contributed by atoms with Crippen molar-refractivity contribution < 1.29 is 29.0 Å². The number of amides is 2. The lowest BCUT2D eigenvalue weighted by Gasteiger charge is -2.54. The van der Waals surface area contributed by atoms with E-state index in [1.807, 2.05) is 12.1 Å². The zero-order valence-electron chi connectivity index (χ0n) is 20.7. The lowest BCUT2D eigenvalue weighted by atomic mass is 9.64. The third-order valence-electron chi connectivity index (χ3n) is 7.46. The first kappa shape index (κ1) is 24.4. The van der Waals surface area contributed by atoms with E-state index in [9.17, 15) is 19.5 Å². The van der Waals surface area contributed by atoms with Gasteiger partial charge in [-0.1, -0.05) is 36.4 Å². The largest absolute Gasteiger partial charge is 0.493 e. The van der Waals surface area contributed by atoms with Gasteiger partial charge in [0.25, 0.3) is 11.8 Å². The average Bonchev–Trinajstić information content (AvgIpc) is 2.92. The maximum atomic E-state index is 13.8. The summed E-state index contributed by atoms with van der Waals surface area (Å²) in [5.74, 6) is -1.58. The fourth-order valence-corrected chi connectivity index (χ4v) is 5.86. The van der Waals surface area contributed by atoms with Crippen LogP contribution in [0.1, 0.15) is 49.7 Å². The molecule has 3 aromatic rings. The highest BCUT2D eigenvalue weighted by atomic mass is 16.5. The number of ether oxygens (including phenoxy) is 2. The van der Waals surface area contributed by atoms with Crippen LogP contribution >= 0.6 is 0 Å². The minimum Gasteiger partial charge on any atom is -0.493 e. The van der Waals surface area contributed by atoms with Crippen LogP contribution in [0.3, 0.4) is 0 Å². The second kappa shape index (κ2) is 9.61. The summed E-state index contributed by atoms with van der Waals surface area (Å²) in [6, 6.07) is 19.4. The molecule has 2 atom stereocenters. The van der Waals surface area contributed by atoms with Gasteiger partial charge in [0.05, 0.1) is 19.8 Å². The molecule has 0 radical (unpaired) electrons. The number of carboxylic acids is 1. The van der Waals surface area contributed by atoms with Gasteiger partial charge in [-0.15, -0.1) is 0 Å². The lowest BCUT2D eigenvalue weighted by molar-refractivity contribution is -0.144. The summed E-state index contributed by atoms with van der Waals surface area (Å²) in [7, 11) is 3.07. The number of rotatable bonds is 7. The van der Waals surface area contributed by atoms with E-state index in [4.69, 9.17) is 9.47 Å². The number of carbonyl (C=O) groups is 3. The molecule has 2 N–H and O–H groups in total. The minimum absolute atomic E-state index is 0.164. The fraction of sp³-hybridized carbons (Fsp3) is 0.276. The maximum Gasteiger partial charge on any atom is 0.313 e. The molecule has 2 aliphatic rings. The Morgan fingerprint density at radius 1 is 1.03 bits per heavy atom. The van der Waals surface area contributed by atoms with Crippen molar-refractivity contribution in [1.82, 2.24) is 10.2 Å². The molecule has 0 saturated heterocycles. The molecule has 8 heteroatoms. The molecular weight excluding hydrogens is 472 g/mol. The molecule has 0 spiro atoms. The van der Waals surface area contributed by atoms with Gasteiger partial charge >= 0.3 is 5.97 Å². The Labute approximate surface area is 214 Å². The van der Waals surface area contributed by atoms with Crippen LogP contribution in [0.2, 0.25) is 0 Å². The van der Waals surface area contributed by atoms with Crippen LogP contribution in [0.15, 0.2) is 66.7 Å². The Balaban J connectivity index is 1.66. The van der Waals surface area contributed by atoms with Crippen LogP contribution in [0.5, 0.6) is 11.5 Å². The fourth-order valence-electron chi connectivity index (χ4n) is 5.86. The molecule has 0 unspecified atom stereocenters. The Morgan fingerprint density at radius 3 is 2.41 bits per heavy atom. The summed E-state index contributed by atoms with van der Waals surface area (Å²) < 4.78 is 11.1. The number of hydrogen-bond acceptors (Lipinski definition) is 5. The van der Waals surface area contributed by atoms with Gasteiger partial charge < -0.3 is 24.8 Å². The molecule has 3 aromatic carbocycles. The molecule has 0 fully saturated rings. The van der Waals surface area contributed by atoms with Gasteiger partial charge in [0.1, 0.15) is 5.92 Å². The second-order valence-corrected chi connectivity index (χ2v) is 9.23. The molecule has 0 aromatic heterocycles. The Morgan fingerprint density at radius 2 is 1.70 bits per heavy atom. The van der Waals surface area contributed by atoms with Crippen molar-refractivity contribution in [3.8, 4) is 11.5 Å². The minimum atomic E-state index is -1.24. The van der Waals surface area contributed by atoms with Crippen LogP contribution in [-0.4, -0.2) is 55.1 Å². The Kier molecular flexibility index (Phi) is 6.33. The van der Waals surface area contributed by atoms with Crippen molar-refractivity contribution in [2.45, 2.75) is 24.3 Å². The highest BCUT2D eigenvalue weighted by Crippen LogP contribution is 2.54. The smallest absolute Gasteiger partial charge is 0.313 e. The van der Waals surface area contributed by atoms with Crippen molar-refractivity contribution in [1.29, 1.82) is 0 Å². The van der Waals surface area contributed by atoms with Gasteiger partial charge in [-0.25, -0.2) is 0 Å². The third kappa shape index (κ3) is 3.89. The van der Waals surface area contributed by atoms with Crippen molar-refractivity contribution in [3.63, 3.8) is 0 Å². The first-order valence-corrected chi connectivity index (χ1v) is 12.1. The number of aliphatic carboxylic acids is 1. The van der Waals surface area contributed by atoms with E-state index >= 15 is 0 Å². The molecule has 5 rings (SSSR count). The molecule has 37 heavy (non-hydrogen) atoms. The molecule has 2 aliphatic heterocycles. The summed E-state index contributed by atoms with van der Waals surface area (Å²) in [5.41, 5.74) is 1.71. The maximum absolute atomic E-state index is 13.8. The van der Waals surface area contributed by atoms with Gasteiger partial charge in [-0.2, -0.15) is 0 Å². The number of methoxy groups -OCH3 is 2. The van der Waals surface area contributed by atoms with E-state index in [1.54, 1.807) is 66.6 Å². The second-order valence-electron chi connectivity index (χ2n) is 9.23. The average molecular weight is 501 g/mol. The van der Waals surface area contributed by atoms with Crippen molar-refractivity contribution in [2.75, 3.05) is 27.3 Å². The van der Waals surface area contributed by atoms with E-state index in [0.717, 1.165) is 5.56 Å². The van der Waals surface area contributed by atoms with E-state index in [0.29, 0.717) is 46.7 Å². The van der Waals surface area contributed by atoms with Gasteiger partial charge in [0.2, 0.25) is 0 Å². The Bertz CT molecular complexity index is 1370.